The van der Waals surface area contributed by atoms with E-state index in [4.69, 9.17) is 11.6 Å². The van der Waals surface area contributed by atoms with E-state index in [0.29, 0.717) is 0 Å². The Morgan fingerprint density at radius 3 is 2.43 bits per heavy atom. The molecule has 0 saturated carbocycles. The predicted molar refractivity (Wildman–Crippen MR) is 89.7 cm³/mol. The Kier molecular flexibility index (Phi) is 2.87. The Morgan fingerprint density at radius 2 is 1.57 bits per heavy atom. The van der Waals surface area contributed by atoms with Gasteiger partial charge in [-0.25, -0.2) is 0 Å². The largest absolute Gasteiger partial charge is 0.264 e. The molecule has 0 aliphatic heterocycles. The maximum absolute atomic E-state index is 6.00. The molecular formula is C19H12ClN. The van der Waals surface area contributed by atoms with E-state index in [1.165, 1.54) is 32.7 Å². The van der Waals surface area contributed by atoms with Gasteiger partial charge < -0.3 is 0 Å². The highest BCUT2D eigenvalue weighted by atomic mass is 35.5. The van der Waals surface area contributed by atoms with Crippen molar-refractivity contribution in [1.82, 2.24) is 4.98 Å². The van der Waals surface area contributed by atoms with E-state index in [2.05, 4.69) is 53.5 Å². The second kappa shape index (κ2) is 4.87. The van der Waals surface area contributed by atoms with Crippen molar-refractivity contribution >= 4 is 33.1 Å². The molecule has 2 heteroatoms. The van der Waals surface area contributed by atoms with Crippen molar-refractivity contribution < 1.29 is 0 Å². The molecule has 0 radical (unpaired) electrons. The van der Waals surface area contributed by atoms with Gasteiger partial charge in [-0.3, -0.25) is 4.98 Å². The number of benzene rings is 3. The zero-order valence-corrected chi connectivity index (χ0v) is 12.0. The maximum atomic E-state index is 6.00. The van der Waals surface area contributed by atoms with Crippen LogP contribution in [0.15, 0.2) is 73.1 Å². The summed E-state index contributed by atoms with van der Waals surface area (Å²) < 4.78 is 0. The van der Waals surface area contributed by atoms with Crippen molar-refractivity contribution in [3.8, 4) is 11.1 Å². The minimum absolute atomic E-state index is 0.755. The highest BCUT2D eigenvalue weighted by Gasteiger charge is 2.08. The average molecular weight is 290 g/mol. The topological polar surface area (TPSA) is 12.9 Å². The molecule has 1 aromatic heterocycles. The Labute approximate surface area is 127 Å². The predicted octanol–water partition coefficient (Wildman–Crippen LogP) is 5.71. The Hall–Kier alpha value is -2.38. The molecule has 1 nitrogen and oxygen atoms in total. The highest BCUT2D eigenvalue weighted by molar-refractivity contribution is 6.30. The van der Waals surface area contributed by atoms with E-state index in [9.17, 15) is 0 Å². The summed E-state index contributed by atoms with van der Waals surface area (Å²) in [4.78, 5) is 4.29. The summed E-state index contributed by atoms with van der Waals surface area (Å²) in [5, 5.41) is 5.61. The van der Waals surface area contributed by atoms with Crippen LogP contribution in [-0.2, 0) is 0 Å². The molecule has 0 bridgehead atoms. The third-order valence-corrected chi connectivity index (χ3v) is 4.07. The van der Waals surface area contributed by atoms with Crippen LogP contribution in [0, 0.1) is 0 Å². The number of fused-ring (bicyclic) bond motifs is 3. The lowest BCUT2D eigenvalue weighted by Crippen LogP contribution is -1.85. The molecule has 0 atom stereocenters. The molecule has 0 unspecified atom stereocenters. The van der Waals surface area contributed by atoms with Crippen LogP contribution >= 0.6 is 11.6 Å². The molecule has 0 fully saturated rings. The van der Waals surface area contributed by atoms with Gasteiger partial charge in [-0.2, -0.15) is 0 Å². The summed E-state index contributed by atoms with van der Waals surface area (Å²) in [5.74, 6) is 0. The number of rotatable bonds is 1. The van der Waals surface area contributed by atoms with Crippen LogP contribution in [-0.4, -0.2) is 4.98 Å². The number of aromatic nitrogens is 1. The number of nitrogens with zero attached hydrogens (tertiary/aromatic N) is 1. The van der Waals surface area contributed by atoms with E-state index in [1.54, 1.807) is 0 Å². The number of halogens is 1. The first kappa shape index (κ1) is 12.4. The van der Waals surface area contributed by atoms with Crippen LogP contribution in [0.5, 0.6) is 0 Å². The minimum atomic E-state index is 0.755. The van der Waals surface area contributed by atoms with Gasteiger partial charge in [-0.05, 0) is 51.6 Å². The highest BCUT2D eigenvalue weighted by Crippen LogP contribution is 2.34. The second-order valence-electron chi connectivity index (χ2n) is 5.07. The third kappa shape index (κ3) is 2.07. The average Bonchev–Trinajstić information content (AvgIpc) is 2.55. The lowest BCUT2D eigenvalue weighted by Gasteiger charge is -2.10. The smallest absolute Gasteiger partial charge is 0.0406 e. The summed E-state index contributed by atoms with van der Waals surface area (Å²) in [6.07, 6.45) is 3.79. The van der Waals surface area contributed by atoms with E-state index in [-0.39, 0.29) is 0 Å². The van der Waals surface area contributed by atoms with Crippen molar-refractivity contribution in [3.63, 3.8) is 0 Å². The van der Waals surface area contributed by atoms with Crippen LogP contribution in [0.3, 0.4) is 0 Å². The molecule has 1 heterocycles. The molecule has 21 heavy (non-hydrogen) atoms. The molecule has 4 aromatic rings. The van der Waals surface area contributed by atoms with Crippen molar-refractivity contribution in [3.05, 3.63) is 78.1 Å². The molecule has 0 spiro atoms. The van der Waals surface area contributed by atoms with Gasteiger partial charge in [0, 0.05) is 22.8 Å². The summed E-state index contributed by atoms with van der Waals surface area (Å²) in [6.45, 7) is 0. The normalized spacial score (nSPS) is 11.1. The van der Waals surface area contributed by atoms with Gasteiger partial charge in [0.1, 0.15) is 0 Å². The first-order valence-electron chi connectivity index (χ1n) is 6.84. The first-order chi connectivity index (χ1) is 10.3. The third-order valence-electron chi connectivity index (χ3n) is 3.82. The van der Waals surface area contributed by atoms with Crippen molar-refractivity contribution in [2.45, 2.75) is 0 Å². The molecule has 0 saturated heterocycles. The number of pyridine rings is 1. The summed E-state index contributed by atoms with van der Waals surface area (Å²) in [6, 6.07) is 20.7. The molecule has 0 amide bonds. The first-order valence-corrected chi connectivity index (χ1v) is 7.22. The van der Waals surface area contributed by atoms with E-state index in [1.807, 2.05) is 24.5 Å². The van der Waals surface area contributed by atoms with Gasteiger partial charge in [0.2, 0.25) is 0 Å². The van der Waals surface area contributed by atoms with Crippen LogP contribution in [0.2, 0.25) is 5.02 Å². The second-order valence-corrected chi connectivity index (χ2v) is 5.51. The van der Waals surface area contributed by atoms with Gasteiger partial charge in [-0.1, -0.05) is 48.0 Å². The standard InChI is InChI=1S/C19H12ClN/c20-15-7-5-13(6-8-15)18-11-14-3-1-2-4-16(14)19-12-21-10-9-17(18)19/h1-12H. The fourth-order valence-electron chi connectivity index (χ4n) is 2.81. The van der Waals surface area contributed by atoms with E-state index < -0.39 is 0 Å². The zero-order chi connectivity index (χ0) is 14.2. The molecular weight excluding hydrogens is 278 g/mol. The molecule has 0 aliphatic carbocycles. The lowest BCUT2D eigenvalue weighted by molar-refractivity contribution is 1.37. The Morgan fingerprint density at radius 1 is 0.762 bits per heavy atom. The molecule has 0 aliphatic rings. The summed E-state index contributed by atoms with van der Waals surface area (Å²) >= 11 is 6.00. The van der Waals surface area contributed by atoms with Crippen molar-refractivity contribution in [2.24, 2.45) is 0 Å². The van der Waals surface area contributed by atoms with Crippen LogP contribution in [0.25, 0.3) is 32.7 Å². The lowest BCUT2D eigenvalue weighted by atomic mass is 9.94. The molecule has 4 rings (SSSR count). The van der Waals surface area contributed by atoms with Crippen LogP contribution < -0.4 is 0 Å². The molecule has 0 N–H and O–H groups in total. The van der Waals surface area contributed by atoms with Gasteiger partial charge in [0.05, 0.1) is 0 Å². The summed E-state index contributed by atoms with van der Waals surface area (Å²) in [7, 11) is 0. The SMILES string of the molecule is Clc1ccc(-c2cc3ccccc3c3cnccc23)cc1. The molecule has 3 aromatic carbocycles. The van der Waals surface area contributed by atoms with Crippen molar-refractivity contribution in [1.29, 1.82) is 0 Å². The Balaban J connectivity index is 2.13. The number of hydrogen-bond donors (Lipinski definition) is 0. The van der Waals surface area contributed by atoms with E-state index in [0.717, 1.165) is 5.02 Å². The van der Waals surface area contributed by atoms with E-state index >= 15 is 0 Å². The fourth-order valence-corrected chi connectivity index (χ4v) is 2.94. The summed E-state index contributed by atoms with van der Waals surface area (Å²) in [5.41, 5.74) is 2.38. The van der Waals surface area contributed by atoms with Gasteiger partial charge in [0.15, 0.2) is 0 Å². The zero-order valence-electron chi connectivity index (χ0n) is 11.3. The van der Waals surface area contributed by atoms with Crippen LogP contribution in [0.1, 0.15) is 0 Å². The Bertz CT molecular complexity index is 942. The minimum Gasteiger partial charge on any atom is -0.264 e. The monoisotopic (exact) mass is 289 g/mol. The van der Waals surface area contributed by atoms with Crippen LogP contribution in [0.4, 0.5) is 0 Å². The van der Waals surface area contributed by atoms with Gasteiger partial charge >= 0.3 is 0 Å². The van der Waals surface area contributed by atoms with Crippen molar-refractivity contribution in [2.75, 3.05) is 0 Å². The fraction of sp³-hybridized carbons (Fsp3) is 0. The van der Waals surface area contributed by atoms with Gasteiger partial charge in [-0.15, -0.1) is 0 Å². The quantitative estimate of drug-likeness (QED) is 0.409. The number of hydrogen-bond acceptors (Lipinski definition) is 1. The van der Waals surface area contributed by atoms with Gasteiger partial charge in [0.25, 0.3) is 0 Å². The maximum Gasteiger partial charge on any atom is 0.0406 e. The molecule has 100 valence electrons.